The van der Waals surface area contributed by atoms with Gasteiger partial charge in [-0.15, -0.1) is 0 Å². The molecule has 2 aliphatic rings. The van der Waals surface area contributed by atoms with Crippen LogP contribution in [0.25, 0.3) is 21.5 Å². The Morgan fingerprint density at radius 2 is 1.42 bits per heavy atom. The Hall–Kier alpha value is -1.82. The van der Waals surface area contributed by atoms with Gasteiger partial charge in [-0.3, -0.25) is 0 Å². The summed E-state index contributed by atoms with van der Waals surface area (Å²) in [6.45, 7) is 0. The molecule has 3 aromatic carbocycles. The summed E-state index contributed by atoms with van der Waals surface area (Å²) in [5, 5.41) is 5.55. The lowest BCUT2D eigenvalue weighted by Gasteiger charge is -2.39. The monoisotopic (exact) mass is 314 g/mol. The van der Waals surface area contributed by atoms with E-state index in [4.69, 9.17) is 0 Å². The van der Waals surface area contributed by atoms with E-state index in [1.807, 2.05) is 0 Å². The van der Waals surface area contributed by atoms with Crippen molar-refractivity contribution in [3.05, 3.63) is 60.2 Å². The number of hydrogen-bond donors (Lipinski definition) is 0. The van der Waals surface area contributed by atoms with Crippen LogP contribution in [0.3, 0.4) is 0 Å². The second-order valence-corrected chi connectivity index (χ2v) is 8.08. The van der Waals surface area contributed by atoms with Gasteiger partial charge in [-0.25, -0.2) is 0 Å². The van der Waals surface area contributed by atoms with Crippen molar-refractivity contribution >= 4 is 21.5 Å². The van der Waals surface area contributed by atoms with Crippen LogP contribution < -0.4 is 0 Å². The van der Waals surface area contributed by atoms with Gasteiger partial charge in [0.2, 0.25) is 0 Å². The van der Waals surface area contributed by atoms with E-state index < -0.39 is 0 Å². The average Bonchev–Trinajstić information content (AvgIpc) is 2.67. The van der Waals surface area contributed by atoms with E-state index in [2.05, 4.69) is 54.6 Å². The summed E-state index contributed by atoms with van der Waals surface area (Å²) >= 11 is 0. The molecule has 0 heterocycles. The fourth-order valence-corrected chi connectivity index (χ4v) is 5.46. The van der Waals surface area contributed by atoms with E-state index >= 15 is 0 Å². The Bertz CT molecular complexity index is 875. The Labute approximate surface area is 144 Å². The lowest BCUT2D eigenvalue weighted by molar-refractivity contribution is 0.155. The smallest absolute Gasteiger partial charge is 0.0105 e. The molecule has 3 aromatic rings. The van der Waals surface area contributed by atoms with Crippen molar-refractivity contribution in [2.75, 3.05) is 0 Å². The molecule has 0 radical (unpaired) electrons. The number of hydrogen-bond acceptors (Lipinski definition) is 0. The summed E-state index contributed by atoms with van der Waals surface area (Å²) in [5.41, 5.74) is 1.59. The molecule has 0 aromatic heterocycles. The van der Waals surface area contributed by atoms with E-state index in [1.54, 1.807) is 5.56 Å². The Balaban J connectivity index is 1.50. The van der Waals surface area contributed by atoms with Gasteiger partial charge in [-0.1, -0.05) is 80.3 Å². The van der Waals surface area contributed by atoms with Crippen molar-refractivity contribution in [2.45, 2.75) is 50.9 Å². The first-order valence-corrected chi connectivity index (χ1v) is 9.80. The topological polar surface area (TPSA) is 0 Å². The molecule has 0 nitrogen and oxygen atoms in total. The summed E-state index contributed by atoms with van der Waals surface area (Å²) in [6.07, 6.45) is 10.2. The number of benzene rings is 3. The second-order valence-electron chi connectivity index (χ2n) is 8.08. The van der Waals surface area contributed by atoms with Crippen molar-refractivity contribution in [2.24, 2.45) is 11.8 Å². The van der Waals surface area contributed by atoms with Crippen LogP contribution in [0.2, 0.25) is 0 Å². The minimum atomic E-state index is 0.792. The highest BCUT2D eigenvalue weighted by atomic mass is 14.4. The summed E-state index contributed by atoms with van der Waals surface area (Å²) < 4.78 is 0. The summed E-state index contributed by atoms with van der Waals surface area (Å²) in [7, 11) is 0. The van der Waals surface area contributed by atoms with Gasteiger partial charge in [-0.2, -0.15) is 0 Å². The predicted octanol–water partition coefficient (Wildman–Crippen LogP) is 7.07. The molecule has 0 heteroatoms. The zero-order chi connectivity index (χ0) is 15.9. The molecule has 3 atom stereocenters. The molecule has 2 fully saturated rings. The van der Waals surface area contributed by atoms with Crippen molar-refractivity contribution in [1.82, 2.24) is 0 Å². The molecule has 0 amide bonds. The van der Waals surface area contributed by atoms with Crippen molar-refractivity contribution < 1.29 is 0 Å². The van der Waals surface area contributed by atoms with E-state index in [1.165, 1.54) is 66.5 Å². The maximum atomic E-state index is 2.48. The number of rotatable bonds is 1. The van der Waals surface area contributed by atoms with E-state index in [-0.39, 0.29) is 0 Å². The highest BCUT2D eigenvalue weighted by Crippen LogP contribution is 2.46. The fourth-order valence-electron chi connectivity index (χ4n) is 5.46. The predicted molar refractivity (Wildman–Crippen MR) is 103 cm³/mol. The Kier molecular flexibility index (Phi) is 3.58. The Morgan fingerprint density at radius 1 is 0.625 bits per heavy atom. The van der Waals surface area contributed by atoms with Gasteiger partial charge >= 0.3 is 0 Å². The standard InChI is InChI=1S/C24H26/c1-2-7-19-15-20(11-9-17(19)5-1)21-13-14-24-22(16-21)12-10-18-6-3-4-8-23(18)24/h3-4,6,8,10,12-14,16-17,19-20H,1-2,5,7,9,11,15H2. The lowest BCUT2D eigenvalue weighted by atomic mass is 9.66. The molecule has 122 valence electrons. The molecular formula is C24H26. The maximum absolute atomic E-state index is 2.48. The second kappa shape index (κ2) is 5.92. The third-order valence-electron chi connectivity index (χ3n) is 6.78. The van der Waals surface area contributed by atoms with Crippen LogP contribution >= 0.6 is 0 Å². The van der Waals surface area contributed by atoms with Crippen LogP contribution in [0.15, 0.2) is 54.6 Å². The van der Waals surface area contributed by atoms with Gasteiger partial charge in [0, 0.05) is 0 Å². The molecule has 3 unspecified atom stereocenters. The first-order valence-electron chi connectivity index (χ1n) is 9.80. The average molecular weight is 314 g/mol. The van der Waals surface area contributed by atoms with Crippen LogP contribution in [0.4, 0.5) is 0 Å². The molecule has 2 aliphatic carbocycles. The molecule has 2 saturated carbocycles. The normalized spacial score (nSPS) is 27.2. The first-order chi connectivity index (χ1) is 11.9. The molecule has 0 spiro atoms. The van der Waals surface area contributed by atoms with E-state index in [0.29, 0.717) is 0 Å². The quantitative estimate of drug-likeness (QED) is 0.421. The van der Waals surface area contributed by atoms with Crippen molar-refractivity contribution in [3.63, 3.8) is 0 Å². The minimum Gasteiger partial charge on any atom is -0.0616 e. The number of fused-ring (bicyclic) bond motifs is 4. The van der Waals surface area contributed by atoms with Crippen LogP contribution in [-0.2, 0) is 0 Å². The molecule has 0 bridgehead atoms. The third kappa shape index (κ3) is 2.44. The SMILES string of the molecule is c1ccc2c(c1)ccc1cc(C3CCC4CCCCC4C3)ccc12. The summed E-state index contributed by atoms with van der Waals surface area (Å²) in [4.78, 5) is 0. The maximum Gasteiger partial charge on any atom is -0.0105 e. The first kappa shape index (κ1) is 14.5. The minimum absolute atomic E-state index is 0.792. The fraction of sp³-hybridized carbons (Fsp3) is 0.417. The van der Waals surface area contributed by atoms with Gasteiger partial charge in [0.25, 0.3) is 0 Å². The lowest BCUT2D eigenvalue weighted by Crippen LogP contribution is -2.26. The van der Waals surface area contributed by atoms with Crippen molar-refractivity contribution in [3.8, 4) is 0 Å². The van der Waals surface area contributed by atoms with Gasteiger partial charge in [0.1, 0.15) is 0 Å². The zero-order valence-corrected chi connectivity index (χ0v) is 14.4. The largest absolute Gasteiger partial charge is 0.0616 e. The van der Waals surface area contributed by atoms with Gasteiger partial charge in [0.15, 0.2) is 0 Å². The van der Waals surface area contributed by atoms with Gasteiger partial charge in [0.05, 0.1) is 0 Å². The van der Waals surface area contributed by atoms with Gasteiger partial charge in [-0.05, 0) is 64.1 Å². The van der Waals surface area contributed by atoms with Crippen LogP contribution in [0.1, 0.15) is 56.4 Å². The van der Waals surface area contributed by atoms with E-state index in [9.17, 15) is 0 Å². The summed E-state index contributed by atoms with van der Waals surface area (Å²) in [6, 6.07) is 20.6. The van der Waals surface area contributed by atoms with Crippen molar-refractivity contribution in [1.29, 1.82) is 0 Å². The molecular weight excluding hydrogens is 288 g/mol. The highest BCUT2D eigenvalue weighted by molar-refractivity contribution is 6.07. The molecule has 24 heavy (non-hydrogen) atoms. The van der Waals surface area contributed by atoms with Crippen LogP contribution in [0.5, 0.6) is 0 Å². The van der Waals surface area contributed by atoms with Gasteiger partial charge < -0.3 is 0 Å². The molecule has 0 aliphatic heterocycles. The molecule has 5 rings (SSSR count). The molecule has 0 saturated heterocycles. The third-order valence-corrected chi connectivity index (χ3v) is 6.78. The highest BCUT2D eigenvalue weighted by Gasteiger charge is 2.32. The molecule has 0 N–H and O–H groups in total. The zero-order valence-electron chi connectivity index (χ0n) is 14.4. The van der Waals surface area contributed by atoms with Crippen LogP contribution in [-0.4, -0.2) is 0 Å². The van der Waals surface area contributed by atoms with Crippen LogP contribution in [0, 0.1) is 11.8 Å². The Morgan fingerprint density at radius 3 is 2.38 bits per heavy atom. The van der Waals surface area contributed by atoms with E-state index in [0.717, 1.165) is 17.8 Å². The summed E-state index contributed by atoms with van der Waals surface area (Å²) in [5.74, 6) is 2.84.